The number of hydrogen-bond acceptors (Lipinski definition) is 6. The van der Waals surface area contributed by atoms with Crippen LogP contribution in [0.1, 0.15) is 39.5 Å². The minimum absolute atomic E-state index is 0.0980. The highest BCUT2D eigenvalue weighted by Gasteiger charge is 2.37. The van der Waals surface area contributed by atoms with Crippen molar-refractivity contribution in [2.24, 2.45) is 5.73 Å². The third-order valence-corrected chi connectivity index (χ3v) is 5.54. The molecule has 0 radical (unpaired) electrons. The Morgan fingerprint density at radius 3 is 1.79 bits per heavy atom. The maximum absolute atomic E-state index is 12.1. The van der Waals surface area contributed by atoms with E-state index in [1.165, 1.54) is 9.80 Å². The molecule has 0 spiro atoms. The molecule has 166 valence electrons. The summed E-state index contributed by atoms with van der Waals surface area (Å²) < 4.78 is 0.495. The van der Waals surface area contributed by atoms with Crippen molar-refractivity contribution in [2.75, 3.05) is 34.2 Å². The first-order valence-corrected chi connectivity index (χ1v) is 9.90. The molecule has 0 unspecified atom stereocenters. The highest BCUT2D eigenvalue weighted by molar-refractivity contribution is 5.87. The second-order valence-corrected chi connectivity index (χ2v) is 8.62. The number of carbonyl (C=O) groups excluding carboxylic acids is 3. The first-order chi connectivity index (χ1) is 13.3. The van der Waals surface area contributed by atoms with Gasteiger partial charge in [0.25, 0.3) is 5.91 Å². The Balaban J connectivity index is 0.000000296. The maximum Gasteiger partial charge on any atom is 0.326 e. The van der Waals surface area contributed by atoms with Gasteiger partial charge in [0.2, 0.25) is 5.91 Å². The number of nitrogens with two attached hydrogens (primary N) is 1. The molecular formula is C19H34N4O6. The van der Waals surface area contributed by atoms with Crippen LogP contribution in [0.2, 0.25) is 0 Å². The SMILES string of the molecule is C[C@@H](C(=O)N1CCC[C@H]1C(=O)[O-])[N+](C)(C)C.C[C@H](N)C(=O)N1CCC[C@H]1C(=O)O. The van der Waals surface area contributed by atoms with Crippen LogP contribution in [0.3, 0.4) is 0 Å². The zero-order chi connectivity index (χ0) is 22.5. The molecule has 3 N–H and O–H groups in total. The summed E-state index contributed by atoms with van der Waals surface area (Å²) in [6.45, 7) is 4.44. The largest absolute Gasteiger partial charge is 0.548 e. The number of aliphatic carboxylic acids is 2. The first kappa shape index (κ1) is 24.8. The zero-order valence-corrected chi connectivity index (χ0v) is 18.0. The molecule has 4 atom stereocenters. The molecule has 0 saturated carbocycles. The van der Waals surface area contributed by atoms with Gasteiger partial charge in [0.05, 0.1) is 39.2 Å². The number of likely N-dealkylation sites (tertiary alicyclic amines) is 2. The summed E-state index contributed by atoms with van der Waals surface area (Å²) in [6.07, 6.45) is 2.54. The van der Waals surface area contributed by atoms with Crippen molar-refractivity contribution in [2.45, 2.75) is 63.7 Å². The number of carboxylic acids is 2. The summed E-state index contributed by atoms with van der Waals surface area (Å²) in [4.78, 5) is 47.9. The minimum Gasteiger partial charge on any atom is -0.548 e. The number of hydrogen-bond donors (Lipinski definition) is 2. The van der Waals surface area contributed by atoms with Crippen molar-refractivity contribution in [1.29, 1.82) is 0 Å². The lowest BCUT2D eigenvalue weighted by atomic mass is 10.2. The number of carbonyl (C=O) groups is 4. The predicted molar refractivity (Wildman–Crippen MR) is 103 cm³/mol. The predicted octanol–water partition coefficient (Wildman–Crippen LogP) is -1.77. The lowest BCUT2D eigenvalue weighted by molar-refractivity contribution is -0.884. The van der Waals surface area contributed by atoms with Gasteiger partial charge in [0.15, 0.2) is 6.04 Å². The van der Waals surface area contributed by atoms with E-state index in [9.17, 15) is 24.3 Å². The van der Waals surface area contributed by atoms with Crippen LogP contribution < -0.4 is 10.8 Å². The molecule has 10 heteroatoms. The minimum atomic E-state index is -1.14. The van der Waals surface area contributed by atoms with Gasteiger partial charge in [-0.25, -0.2) is 4.79 Å². The fraction of sp³-hybridized carbons (Fsp3) is 0.789. The molecule has 2 amide bonds. The van der Waals surface area contributed by atoms with E-state index in [0.29, 0.717) is 30.4 Å². The van der Waals surface area contributed by atoms with Crippen molar-refractivity contribution < 1.29 is 33.9 Å². The fourth-order valence-electron chi connectivity index (χ4n) is 3.40. The molecule has 0 aromatic rings. The molecule has 2 aliphatic heterocycles. The molecule has 2 heterocycles. The molecule has 2 aliphatic rings. The van der Waals surface area contributed by atoms with Gasteiger partial charge in [-0.1, -0.05) is 0 Å². The molecule has 2 saturated heterocycles. The zero-order valence-electron chi connectivity index (χ0n) is 18.0. The summed E-state index contributed by atoms with van der Waals surface area (Å²) in [5.41, 5.74) is 5.39. The molecule has 0 aromatic carbocycles. The van der Waals surface area contributed by atoms with Crippen molar-refractivity contribution in [1.82, 2.24) is 9.80 Å². The van der Waals surface area contributed by atoms with E-state index in [-0.39, 0.29) is 17.9 Å². The van der Waals surface area contributed by atoms with Gasteiger partial charge in [-0.15, -0.1) is 0 Å². The molecule has 0 aliphatic carbocycles. The lowest BCUT2D eigenvalue weighted by Gasteiger charge is -2.35. The van der Waals surface area contributed by atoms with E-state index in [1.807, 2.05) is 28.1 Å². The lowest BCUT2D eigenvalue weighted by Crippen LogP contribution is -2.56. The highest BCUT2D eigenvalue weighted by Crippen LogP contribution is 2.20. The standard InChI is InChI=1S/C11H20N2O3.C8H14N2O3/c1-8(13(2,3)4)10(14)12-7-5-6-9(12)11(15)16;1-5(9)7(11)10-4-2-3-6(10)8(12)13/h8-9H,5-7H2,1-4H3;5-6H,2-4,9H2,1H3,(H,12,13)/t8-,9-;5-,6-/m00/s1. The number of nitrogens with zero attached hydrogens (tertiary/aromatic N) is 3. The van der Waals surface area contributed by atoms with Crippen LogP contribution in [0.4, 0.5) is 0 Å². The molecule has 0 aromatic heterocycles. The summed E-state index contributed by atoms with van der Waals surface area (Å²) in [5, 5.41) is 19.7. The topological polar surface area (TPSA) is 144 Å². The van der Waals surface area contributed by atoms with Gasteiger partial charge in [-0.2, -0.15) is 0 Å². The van der Waals surface area contributed by atoms with Crippen LogP contribution in [0.25, 0.3) is 0 Å². The normalized spacial score (nSPS) is 23.8. The van der Waals surface area contributed by atoms with Crippen LogP contribution in [-0.4, -0.2) is 102 Å². The van der Waals surface area contributed by atoms with Crippen LogP contribution in [0.15, 0.2) is 0 Å². The molecule has 0 bridgehead atoms. The summed E-state index contributed by atoms with van der Waals surface area (Å²) in [5.74, 6) is -2.45. The van der Waals surface area contributed by atoms with Crippen LogP contribution in [-0.2, 0) is 19.2 Å². The molecule has 2 fully saturated rings. The Bertz CT molecular complexity index is 631. The van der Waals surface area contributed by atoms with Crippen LogP contribution in [0, 0.1) is 0 Å². The number of quaternary nitrogens is 1. The second-order valence-electron chi connectivity index (χ2n) is 8.62. The smallest absolute Gasteiger partial charge is 0.326 e. The number of carboxylic acid groups (broad SMARTS) is 2. The van der Waals surface area contributed by atoms with Crippen LogP contribution >= 0.6 is 0 Å². The fourth-order valence-corrected chi connectivity index (χ4v) is 3.40. The molecule has 2 rings (SSSR count). The number of rotatable bonds is 5. The Hall–Kier alpha value is -2.20. The van der Waals surface area contributed by atoms with Crippen molar-refractivity contribution in [3.8, 4) is 0 Å². The van der Waals surface area contributed by atoms with Gasteiger partial charge in [-0.3, -0.25) is 9.59 Å². The molecule has 10 nitrogen and oxygen atoms in total. The van der Waals surface area contributed by atoms with Crippen LogP contribution in [0.5, 0.6) is 0 Å². The monoisotopic (exact) mass is 414 g/mol. The highest BCUT2D eigenvalue weighted by atomic mass is 16.4. The number of likely N-dealkylation sites (N-methyl/N-ethyl adjacent to an activating group) is 1. The summed E-state index contributed by atoms with van der Waals surface area (Å²) in [6, 6.07) is -2.25. The molecular weight excluding hydrogens is 380 g/mol. The van der Waals surface area contributed by atoms with Gasteiger partial charge < -0.3 is 35.0 Å². The molecule has 29 heavy (non-hydrogen) atoms. The quantitative estimate of drug-likeness (QED) is 0.507. The third-order valence-electron chi connectivity index (χ3n) is 5.54. The average Bonchev–Trinajstić information content (AvgIpc) is 3.28. The van der Waals surface area contributed by atoms with Crippen molar-refractivity contribution in [3.05, 3.63) is 0 Å². The summed E-state index contributed by atoms with van der Waals surface area (Å²) >= 11 is 0. The Kier molecular flexibility index (Phi) is 8.58. The van der Waals surface area contributed by atoms with Gasteiger partial charge >= 0.3 is 5.97 Å². The number of amides is 2. The van der Waals surface area contributed by atoms with E-state index in [4.69, 9.17) is 10.8 Å². The van der Waals surface area contributed by atoms with Crippen molar-refractivity contribution in [3.63, 3.8) is 0 Å². The average molecular weight is 415 g/mol. The van der Waals surface area contributed by atoms with Gasteiger partial charge in [-0.05, 0) is 39.5 Å². The van der Waals surface area contributed by atoms with E-state index in [2.05, 4.69) is 0 Å². The maximum atomic E-state index is 12.1. The summed E-state index contributed by atoms with van der Waals surface area (Å²) in [7, 11) is 5.77. The Morgan fingerprint density at radius 1 is 0.966 bits per heavy atom. The third kappa shape index (κ3) is 6.40. The Labute approximate surface area is 171 Å². The Morgan fingerprint density at radius 2 is 1.41 bits per heavy atom. The van der Waals surface area contributed by atoms with E-state index < -0.39 is 30.1 Å². The van der Waals surface area contributed by atoms with E-state index in [1.54, 1.807) is 6.92 Å². The van der Waals surface area contributed by atoms with E-state index >= 15 is 0 Å². The van der Waals surface area contributed by atoms with Crippen molar-refractivity contribution >= 4 is 23.8 Å². The second kappa shape index (κ2) is 10.0. The van der Waals surface area contributed by atoms with Gasteiger partial charge in [0.1, 0.15) is 6.04 Å². The first-order valence-electron chi connectivity index (χ1n) is 9.90. The van der Waals surface area contributed by atoms with E-state index in [0.717, 1.165) is 12.8 Å². The van der Waals surface area contributed by atoms with Gasteiger partial charge in [0, 0.05) is 13.1 Å².